The Morgan fingerprint density at radius 3 is 2.57 bits per heavy atom. The lowest BCUT2D eigenvalue weighted by molar-refractivity contribution is -0.126. The first-order chi connectivity index (χ1) is 21.0. The second-order valence-electron chi connectivity index (χ2n) is 11.2. The minimum absolute atomic E-state index is 0.0149. The maximum absolute atomic E-state index is 16.0. The van der Waals surface area contributed by atoms with Crippen molar-refractivity contribution in [2.24, 2.45) is 0 Å². The molecule has 1 saturated carbocycles. The van der Waals surface area contributed by atoms with Gasteiger partial charge in [0.15, 0.2) is 15.5 Å². The number of nitrogens with zero attached hydrogens (tertiary/aromatic N) is 7. The fraction of sp³-hybridized carbons (Fsp3) is 0.333. The third kappa shape index (κ3) is 4.98. The minimum Gasteiger partial charge on any atom is -0.397 e. The van der Waals surface area contributed by atoms with Gasteiger partial charge < -0.3 is 15.5 Å². The second kappa shape index (κ2) is 11.1. The first-order valence-electron chi connectivity index (χ1n) is 14.2. The number of hydrogen-bond donors (Lipinski definition) is 1. The maximum atomic E-state index is 16.0. The number of anilines is 2. The molecule has 4 aromatic rings. The van der Waals surface area contributed by atoms with Gasteiger partial charge in [-0.2, -0.15) is 4.98 Å². The van der Waals surface area contributed by atoms with E-state index in [9.17, 15) is 18.0 Å². The number of carbonyl (C=O) groups excluding carboxylic acids is 1. The molecule has 2 fully saturated rings. The summed E-state index contributed by atoms with van der Waals surface area (Å²) in [7, 11) is -3.88. The van der Waals surface area contributed by atoms with Crippen LogP contribution < -0.4 is 16.3 Å². The Kier molecular flexibility index (Phi) is 7.40. The number of nitrogens with two attached hydrogens (primary N) is 1. The molecule has 6 rings (SSSR count). The van der Waals surface area contributed by atoms with Crippen LogP contribution in [0, 0.1) is 5.82 Å². The summed E-state index contributed by atoms with van der Waals surface area (Å²) in [5.41, 5.74) is 6.38. The Bertz CT molecular complexity index is 1990. The summed E-state index contributed by atoms with van der Waals surface area (Å²) in [4.78, 5) is 47.0. The molecule has 4 aromatic heterocycles. The molecule has 2 N–H and O–H groups in total. The van der Waals surface area contributed by atoms with Crippen molar-refractivity contribution in [3.8, 4) is 16.9 Å². The quantitative estimate of drug-likeness (QED) is 0.319. The second-order valence-corrected chi connectivity index (χ2v) is 13.2. The molecule has 5 heterocycles. The van der Waals surface area contributed by atoms with Gasteiger partial charge in [0, 0.05) is 56.1 Å². The molecule has 1 aliphatic carbocycles. The van der Waals surface area contributed by atoms with Crippen molar-refractivity contribution in [3.05, 3.63) is 71.4 Å². The zero-order valence-corrected chi connectivity index (χ0v) is 25.1. The van der Waals surface area contributed by atoms with Gasteiger partial charge in [-0.05, 0) is 49.5 Å². The van der Waals surface area contributed by atoms with Gasteiger partial charge in [0.1, 0.15) is 22.2 Å². The van der Waals surface area contributed by atoms with Crippen molar-refractivity contribution < 1.29 is 17.6 Å². The molecule has 0 bridgehead atoms. The zero-order valence-electron chi connectivity index (χ0n) is 24.3. The van der Waals surface area contributed by atoms with Crippen molar-refractivity contribution in [3.63, 3.8) is 0 Å². The van der Waals surface area contributed by atoms with Crippen LogP contribution in [0.2, 0.25) is 0 Å². The standard InChI is InChI=1S/C30H31FN8O4S/c1-4-25(40)37-10-11-38(17(2)16-37)28-20-12-22(31)26(19-8-9-33-14-23(19)32)35-29(20)39(30(41)36-28)27-21(18-6-5-7-18)13-34-15-24(27)44(3,42)43/h4,8-9,12-15,17-18H,1,5-7,10-11,16,32H2,2-3H3/t17-/m0/s1. The number of aromatic nitrogens is 5. The van der Waals surface area contributed by atoms with Crippen molar-refractivity contribution in [2.75, 3.05) is 36.5 Å². The minimum atomic E-state index is -3.88. The predicted molar refractivity (Wildman–Crippen MR) is 164 cm³/mol. The van der Waals surface area contributed by atoms with Crippen LogP contribution in [0.25, 0.3) is 28.0 Å². The third-order valence-corrected chi connectivity index (χ3v) is 9.47. The van der Waals surface area contributed by atoms with Gasteiger partial charge in [0.25, 0.3) is 0 Å². The number of rotatable bonds is 6. The Morgan fingerprint density at radius 2 is 1.93 bits per heavy atom. The summed E-state index contributed by atoms with van der Waals surface area (Å²) in [6, 6.07) is 2.47. The number of halogens is 1. The Labute approximate surface area is 253 Å². The monoisotopic (exact) mass is 618 g/mol. The Balaban J connectivity index is 1.67. The summed E-state index contributed by atoms with van der Waals surface area (Å²) >= 11 is 0. The lowest BCUT2D eigenvalue weighted by Crippen LogP contribution is -2.54. The van der Waals surface area contributed by atoms with Gasteiger partial charge in [-0.1, -0.05) is 13.0 Å². The molecular formula is C30H31FN8O4S. The SMILES string of the molecule is C=CC(=O)N1CCN(c2nc(=O)n(-c3c(C4CCC4)cncc3S(C)(=O)=O)c3nc(-c4ccncc4N)c(F)cc23)[C@@H](C)C1. The molecule has 44 heavy (non-hydrogen) atoms. The predicted octanol–water partition coefficient (Wildman–Crippen LogP) is 2.85. The van der Waals surface area contributed by atoms with Crippen molar-refractivity contribution in [1.82, 2.24) is 29.4 Å². The number of sulfone groups is 1. The van der Waals surface area contributed by atoms with E-state index in [1.54, 1.807) is 11.1 Å². The lowest BCUT2D eigenvalue weighted by Gasteiger charge is -2.40. The van der Waals surface area contributed by atoms with E-state index < -0.39 is 21.3 Å². The third-order valence-electron chi connectivity index (χ3n) is 8.37. The largest absolute Gasteiger partial charge is 0.397 e. The van der Waals surface area contributed by atoms with Gasteiger partial charge in [-0.15, -0.1) is 0 Å². The van der Waals surface area contributed by atoms with E-state index in [2.05, 4.69) is 26.5 Å². The average molecular weight is 619 g/mol. The molecule has 0 spiro atoms. The van der Waals surface area contributed by atoms with E-state index in [0.717, 1.165) is 30.1 Å². The van der Waals surface area contributed by atoms with E-state index in [1.807, 2.05) is 11.8 Å². The Hall–Kier alpha value is -4.72. The maximum Gasteiger partial charge on any atom is 0.355 e. The van der Waals surface area contributed by atoms with Gasteiger partial charge in [-0.25, -0.2) is 27.2 Å². The van der Waals surface area contributed by atoms with Crippen molar-refractivity contribution in [2.45, 2.75) is 43.0 Å². The number of nitrogen functional groups attached to an aromatic ring is 1. The van der Waals surface area contributed by atoms with E-state index in [0.29, 0.717) is 25.2 Å². The summed E-state index contributed by atoms with van der Waals surface area (Å²) in [6.45, 7) is 6.40. The first-order valence-corrected chi connectivity index (χ1v) is 16.1. The van der Waals surface area contributed by atoms with E-state index in [-0.39, 0.29) is 62.2 Å². The number of pyridine rings is 3. The van der Waals surface area contributed by atoms with E-state index >= 15 is 4.39 Å². The summed E-state index contributed by atoms with van der Waals surface area (Å²) in [5, 5.41) is 0.199. The molecule has 1 amide bonds. The fourth-order valence-corrected chi connectivity index (χ4v) is 6.73. The fourth-order valence-electron chi connectivity index (χ4n) is 5.92. The summed E-state index contributed by atoms with van der Waals surface area (Å²) in [6.07, 6.45) is 10.5. The van der Waals surface area contributed by atoms with Crippen LogP contribution in [0.1, 0.15) is 37.7 Å². The van der Waals surface area contributed by atoms with E-state index in [1.165, 1.54) is 36.8 Å². The van der Waals surface area contributed by atoms with Gasteiger partial charge in [0.05, 0.1) is 23.0 Å². The molecule has 12 nitrogen and oxygen atoms in total. The summed E-state index contributed by atoms with van der Waals surface area (Å²) < 4.78 is 43.3. The molecule has 0 radical (unpaired) electrons. The first kappa shape index (κ1) is 29.4. The number of carbonyl (C=O) groups is 1. The van der Waals surface area contributed by atoms with Gasteiger partial charge in [0.2, 0.25) is 5.91 Å². The molecule has 14 heteroatoms. The highest BCUT2D eigenvalue weighted by Crippen LogP contribution is 2.41. The molecule has 0 aromatic carbocycles. The van der Waals surface area contributed by atoms with Crippen LogP contribution in [0.4, 0.5) is 15.9 Å². The van der Waals surface area contributed by atoms with E-state index in [4.69, 9.17) is 5.73 Å². The highest BCUT2D eigenvalue weighted by molar-refractivity contribution is 7.90. The van der Waals surface area contributed by atoms with Gasteiger partial charge >= 0.3 is 5.69 Å². The topological polar surface area (TPSA) is 157 Å². The number of fused-ring (bicyclic) bond motifs is 1. The number of amides is 1. The Morgan fingerprint density at radius 1 is 1.16 bits per heavy atom. The molecule has 1 atom stereocenters. The zero-order chi connectivity index (χ0) is 31.3. The van der Waals surface area contributed by atoms with Crippen LogP contribution in [-0.4, -0.2) is 75.7 Å². The molecular weight excluding hydrogens is 587 g/mol. The molecule has 1 aliphatic heterocycles. The summed E-state index contributed by atoms with van der Waals surface area (Å²) in [5.74, 6) is -0.770. The van der Waals surface area contributed by atoms with Crippen molar-refractivity contribution >= 4 is 38.3 Å². The van der Waals surface area contributed by atoms with Gasteiger partial charge in [-0.3, -0.25) is 14.8 Å². The molecule has 0 unspecified atom stereocenters. The number of hydrogen-bond acceptors (Lipinski definition) is 10. The number of piperazine rings is 1. The smallest absolute Gasteiger partial charge is 0.355 e. The average Bonchev–Trinajstić information content (AvgIpc) is 2.95. The highest BCUT2D eigenvalue weighted by Gasteiger charge is 2.33. The molecule has 228 valence electrons. The van der Waals surface area contributed by atoms with Crippen LogP contribution in [-0.2, 0) is 14.6 Å². The van der Waals surface area contributed by atoms with Crippen LogP contribution in [0.3, 0.4) is 0 Å². The van der Waals surface area contributed by atoms with Crippen LogP contribution in [0.5, 0.6) is 0 Å². The molecule has 1 saturated heterocycles. The highest BCUT2D eigenvalue weighted by atomic mass is 32.2. The van der Waals surface area contributed by atoms with Crippen molar-refractivity contribution in [1.29, 1.82) is 0 Å². The van der Waals surface area contributed by atoms with Crippen LogP contribution in [0.15, 0.2) is 59.3 Å². The lowest BCUT2D eigenvalue weighted by atomic mass is 9.80. The normalized spacial score (nSPS) is 17.5. The van der Waals surface area contributed by atoms with Crippen LogP contribution >= 0.6 is 0 Å². The molecule has 2 aliphatic rings.